The number of aromatic nitrogens is 2. The maximum atomic E-state index is 12.7. The van der Waals surface area contributed by atoms with Crippen LogP contribution in [-0.2, 0) is 11.3 Å². The van der Waals surface area contributed by atoms with Crippen molar-refractivity contribution in [1.29, 1.82) is 0 Å². The van der Waals surface area contributed by atoms with Gasteiger partial charge < -0.3 is 14.7 Å². The molecule has 0 aliphatic carbocycles. The van der Waals surface area contributed by atoms with Crippen molar-refractivity contribution in [1.82, 2.24) is 9.78 Å². The first-order valence-corrected chi connectivity index (χ1v) is 8.42. The number of nitrogens with zero attached hydrogens (tertiary/aromatic N) is 3. The van der Waals surface area contributed by atoms with Crippen molar-refractivity contribution in [2.45, 2.75) is 26.3 Å². The second-order valence-corrected chi connectivity index (χ2v) is 5.91. The molecule has 0 unspecified atom stereocenters. The van der Waals surface area contributed by atoms with Gasteiger partial charge in [0.2, 0.25) is 0 Å². The molecule has 1 saturated heterocycles. The van der Waals surface area contributed by atoms with E-state index in [4.69, 9.17) is 4.74 Å². The van der Waals surface area contributed by atoms with Crippen molar-refractivity contribution in [3.63, 3.8) is 0 Å². The second kappa shape index (κ2) is 7.38. The third-order valence-electron chi connectivity index (χ3n) is 4.17. The maximum absolute atomic E-state index is 12.7. The number of carbonyl (C=O) groups excluding carboxylic acids is 1. The topological polar surface area (TPSA) is 84.7 Å². The Morgan fingerprint density at radius 3 is 2.56 bits per heavy atom. The third kappa shape index (κ3) is 3.50. The Kier molecular flexibility index (Phi) is 5.02. The van der Waals surface area contributed by atoms with Gasteiger partial charge in [-0.25, -0.2) is 9.48 Å². The molecule has 0 atom stereocenters. The van der Waals surface area contributed by atoms with Gasteiger partial charge in [0, 0.05) is 13.1 Å². The molecule has 0 saturated carbocycles. The van der Waals surface area contributed by atoms with Crippen molar-refractivity contribution < 1.29 is 14.6 Å². The zero-order valence-electron chi connectivity index (χ0n) is 14.1. The highest BCUT2D eigenvalue weighted by Gasteiger charge is 2.28. The van der Waals surface area contributed by atoms with Crippen molar-refractivity contribution in [3.8, 4) is 5.75 Å². The summed E-state index contributed by atoms with van der Waals surface area (Å²) in [4.78, 5) is 26.8. The predicted molar refractivity (Wildman–Crippen MR) is 93.1 cm³/mol. The standard InChI is InChI=1S/C18H21N3O4/c1-2-25-18(24)14-15(22)16(20-10-6-7-11-20)19-21(17(14)23)12-13-8-4-3-5-9-13/h3-5,8-9,22H,2,6-7,10-12H2,1H3. The van der Waals surface area contributed by atoms with E-state index in [0.717, 1.165) is 31.5 Å². The van der Waals surface area contributed by atoms with Crippen LogP contribution >= 0.6 is 0 Å². The molecular weight excluding hydrogens is 322 g/mol. The van der Waals surface area contributed by atoms with Crippen LogP contribution in [0.3, 0.4) is 0 Å². The quantitative estimate of drug-likeness (QED) is 0.833. The van der Waals surface area contributed by atoms with Gasteiger partial charge in [0.1, 0.15) is 0 Å². The van der Waals surface area contributed by atoms with E-state index in [-0.39, 0.29) is 24.5 Å². The molecule has 1 aliphatic rings. The fraction of sp³-hybridized carbons (Fsp3) is 0.389. The van der Waals surface area contributed by atoms with Gasteiger partial charge in [-0.1, -0.05) is 30.3 Å². The molecule has 0 radical (unpaired) electrons. The van der Waals surface area contributed by atoms with Crippen LogP contribution in [0.4, 0.5) is 5.82 Å². The monoisotopic (exact) mass is 343 g/mol. The van der Waals surface area contributed by atoms with E-state index < -0.39 is 17.3 Å². The number of benzene rings is 1. The molecular formula is C18H21N3O4. The number of hydrogen-bond donors (Lipinski definition) is 1. The molecule has 7 heteroatoms. The zero-order chi connectivity index (χ0) is 17.8. The summed E-state index contributed by atoms with van der Waals surface area (Å²) >= 11 is 0. The first-order chi connectivity index (χ1) is 12.1. The van der Waals surface area contributed by atoms with Gasteiger partial charge in [0.25, 0.3) is 5.56 Å². The van der Waals surface area contributed by atoms with E-state index in [1.165, 1.54) is 4.68 Å². The van der Waals surface area contributed by atoms with Gasteiger partial charge in [-0.15, -0.1) is 5.10 Å². The largest absolute Gasteiger partial charge is 0.503 e. The zero-order valence-corrected chi connectivity index (χ0v) is 14.1. The first-order valence-electron chi connectivity index (χ1n) is 8.42. The van der Waals surface area contributed by atoms with Crippen LogP contribution in [0.2, 0.25) is 0 Å². The third-order valence-corrected chi connectivity index (χ3v) is 4.17. The van der Waals surface area contributed by atoms with Crippen molar-refractivity contribution in [2.75, 3.05) is 24.6 Å². The van der Waals surface area contributed by atoms with Gasteiger partial charge >= 0.3 is 5.97 Å². The molecule has 1 fully saturated rings. The molecule has 2 heterocycles. The molecule has 3 rings (SSSR count). The summed E-state index contributed by atoms with van der Waals surface area (Å²) in [6, 6.07) is 9.38. The molecule has 1 aromatic heterocycles. The van der Waals surface area contributed by atoms with Crippen LogP contribution in [-0.4, -0.2) is 40.6 Å². The SMILES string of the molecule is CCOC(=O)c1c(O)c(N2CCCC2)nn(Cc2ccccc2)c1=O. The molecule has 7 nitrogen and oxygen atoms in total. The van der Waals surface area contributed by atoms with Crippen molar-refractivity contribution in [2.24, 2.45) is 0 Å². The molecule has 132 valence electrons. The minimum Gasteiger partial charge on any atom is -0.503 e. The van der Waals surface area contributed by atoms with Crippen LogP contribution in [0.5, 0.6) is 5.75 Å². The number of esters is 1. The number of ether oxygens (including phenoxy) is 1. The number of carbonyl (C=O) groups is 1. The smallest absolute Gasteiger partial charge is 0.347 e. The molecule has 1 N–H and O–H groups in total. The highest BCUT2D eigenvalue weighted by atomic mass is 16.5. The lowest BCUT2D eigenvalue weighted by Gasteiger charge is -2.20. The van der Waals surface area contributed by atoms with Crippen LogP contribution in [0.25, 0.3) is 0 Å². The fourth-order valence-corrected chi connectivity index (χ4v) is 2.94. The Balaban J connectivity index is 2.10. The normalized spacial score (nSPS) is 13.9. The number of hydrogen-bond acceptors (Lipinski definition) is 6. The van der Waals surface area contributed by atoms with Crippen molar-refractivity contribution >= 4 is 11.8 Å². The molecule has 1 aromatic carbocycles. The predicted octanol–water partition coefficient (Wildman–Crippen LogP) is 1.77. The van der Waals surface area contributed by atoms with E-state index in [1.54, 1.807) is 6.92 Å². The average molecular weight is 343 g/mol. The van der Waals surface area contributed by atoms with E-state index in [1.807, 2.05) is 35.2 Å². The minimum absolute atomic E-state index is 0.123. The van der Waals surface area contributed by atoms with Gasteiger partial charge in [-0.05, 0) is 25.3 Å². The Bertz CT molecular complexity index is 811. The van der Waals surface area contributed by atoms with Crippen LogP contribution in [0.1, 0.15) is 35.7 Å². The maximum Gasteiger partial charge on any atom is 0.347 e. The Labute approximate surface area is 145 Å². The average Bonchev–Trinajstić information content (AvgIpc) is 3.13. The van der Waals surface area contributed by atoms with Gasteiger partial charge in [-0.3, -0.25) is 4.79 Å². The van der Waals surface area contributed by atoms with E-state index in [0.29, 0.717) is 0 Å². The molecule has 0 bridgehead atoms. The fourth-order valence-electron chi connectivity index (χ4n) is 2.94. The lowest BCUT2D eigenvalue weighted by atomic mass is 10.2. The first kappa shape index (κ1) is 17.0. The highest BCUT2D eigenvalue weighted by molar-refractivity contribution is 5.93. The molecule has 2 aromatic rings. The summed E-state index contributed by atoms with van der Waals surface area (Å²) in [5, 5.41) is 14.8. The summed E-state index contributed by atoms with van der Waals surface area (Å²) in [5.74, 6) is -0.958. The Hall–Kier alpha value is -2.83. The molecule has 0 spiro atoms. The highest BCUT2D eigenvalue weighted by Crippen LogP contribution is 2.29. The van der Waals surface area contributed by atoms with Gasteiger partial charge in [0.15, 0.2) is 17.1 Å². The Morgan fingerprint density at radius 1 is 1.24 bits per heavy atom. The van der Waals surface area contributed by atoms with Crippen LogP contribution in [0, 0.1) is 0 Å². The summed E-state index contributed by atoms with van der Waals surface area (Å²) < 4.78 is 6.17. The van der Waals surface area contributed by atoms with Gasteiger partial charge in [-0.2, -0.15) is 0 Å². The van der Waals surface area contributed by atoms with Crippen molar-refractivity contribution in [3.05, 3.63) is 51.8 Å². The summed E-state index contributed by atoms with van der Waals surface area (Å²) in [6.07, 6.45) is 1.96. The number of aromatic hydroxyl groups is 1. The summed E-state index contributed by atoms with van der Waals surface area (Å²) in [7, 11) is 0. The molecule has 1 aliphatic heterocycles. The van der Waals surface area contributed by atoms with Gasteiger partial charge in [0.05, 0.1) is 13.2 Å². The molecule has 25 heavy (non-hydrogen) atoms. The summed E-state index contributed by atoms with van der Waals surface area (Å²) in [6.45, 7) is 3.45. The Morgan fingerprint density at radius 2 is 1.92 bits per heavy atom. The lowest BCUT2D eigenvalue weighted by Crippen LogP contribution is -2.33. The van der Waals surface area contributed by atoms with E-state index >= 15 is 0 Å². The second-order valence-electron chi connectivity index (χ2n) is 5.91. The van der Waals surface area contributed by atoms with E-state index in [9.17, 15) is 14.7 Å². The lowest BCUT2D eigenvalue weighted by molar-refractivity contribution is 0.0519. The number of rotatable bonds is 5. The van der Waals surface area contributed by atoms with Crippen LogP contribution in [0.15, 0.2) is 35.1 Å². The van der Waals surface area contributed by atoms with Crippen LogP contribution < -0.4 is 10.5 Å². The number of anilines is 1. The molecule has 0 amide bonds. The van der Waals surface area contributed by atoms with E-state index in [2.05, 4.69) is 5.10 Å². The summed E-state index contributed by atoms with van der Waals surface area (Å²) in [5.41, 5.74) is -0.123. The minimum atomic E-state index is -0.824.